The molecule has 2 aromatic rings. The van der Waals surface area contributed by atoms with Crippen molar-refractivity contribution in [3.05, 3.63) is 40.3 Å². The summed E-state index contributed by atoms with van der Waals surface area (Å²) >= 11 is 1.58. The number of thiophene rings is 1. The molecule has 2 aromatic heterocycles. The molecule has 1 amide bonds. The third-order valence-electron chi connectivity index (χ3n) is 2.64. The molecule has 20 heavy (non-hydrogen) atoms. The number of nitrogens with zero attached hydrogens (tertiary/aromatic N) is 2. The summed E-state index contributed by atoms with van der Waals surface area (Å²) in [6, 6.07) is 3.78. The van der Waals surface area contributed by atoms with Crippen molar-refractivity contribution in [3.8, 4) is 11.8 Å². The van der Waals surface area contributed by atoms with Gasteiger partial charge in [-0.05, 0) is 17.5 Å². The first-order chi connectivity index (χ1) is 9.79. The lowest BCUT2D eigenvalue weighted by molar-refractivity contribution is -0.121. The van der Waals surface area contributed by atoms with E-state index in [2.05, 4.69) is 22.3 Å². The van der Waals surface area contributed by atoms with Crippen LogP contribution in [0.3, 0.4) is 0 Å². The van der Waals surface area contributed by atoms with Gasteiger partial charge in [-0.3, -0.25) is 9.48 Å². The first-order valence-electron chi connectivity index (χ1n) is 6.29. The summed E-state index contributed by atoms with van der Waals surface area (Å²) in [6.45, 7) is 1.43. The van der Waals surface area contributed by atoms with E-state index >= 15 is 0 Å². The van der Waals surface area contributed by atoms with Crippen LogP contribution in [-0.4, -0.2) is 22.2 Å². The molecule has 0 saturated carbocycles. The first-order valence-corrected chi connectivity index (χ1v) is 7.17. The molecule has 2 heterocycles. The average Bonchev–Trinajstić information content (AvgIpc) is 3.11. The third kappa shape index (κ3) is 4.23. The molecular weight excluding hydrogens is 272 g/mol. The number of nitrogens with one attached hydrogen (secondary N) is 1. The second kappa shape index (κ2) is 7.48. The smallest absolute Gasteiger partial charge is 0.222 e. The lowest BCUT2D eigenvalue weighted by atomic mass is 10.2. The standard InChI is InChI=1S/C14H16N4OS/c15-6-1-3-12-5-10-20-13(12)11-16-14(19)4-9-18-8-2-7-17-18/h2,5,7-8,10H,4,6,9,11,15H2,(H,16,19). The van der Waals surface area contributed by atoms with Gasteiger partial charge >= 0.3 is 0 Å². The van der Waals surface area contributed by atoms with Crippen molar-refractivity contribution in [1.29, 1.82) is 0 Å². The van der Waals surface area contributed by atoms with Gasteiger partial charge in [0.1, 0.15) is 0 Å². The fourth-order valence-electron chi connectivity index (χ4n) is 1.65. The second-order valence-electron chi connectivity index (χ2n) is 4.06. The summed E-state index contributed by atoms with van der Waals surface area (Å²) in [4.78, 5) is 12.8. The highest BCUT2D eigenvalue weighted by Gasteiger charge is 2.05. The minimum atomic E-state index is 0.00614. The Hall–Kier alpha value is -2.10. The van der Waals surface area contributed by atoms with Gasteiger partial charge < -0.3 is 11.1 Å². The maximum atomic E-state index is 11.8. The Kier molecular flexibility index (Phi) is 5.35. The quantitative estimate of drug-likeness (QED) is 0.805. The van der Waals surface area contributed by atoms with Crippen molar-refractivity contribution in [1.82, 2.24) is 15.1 Å². The summed E-state index contributed by atoms with van der Waals surface area (Å²) in [6.07, 6.45) is 3.95. The van der Waals surface area contributed by atoms with Crippen molar-refractivity contribution >= 4 is 17.2 Å². The van der Waals surface area contributed by atoms with E-state index in [0.717, 1.165) is 10.4 Å². The van der Waals surface area contributed by atoms with Crippen LogP contribution in [0.1, 0.15) is 16.9 Å². The van der Waals surface area contributed by atoms with E-state index in [1.54, 1.807) is 22.2 Å². The van der Waals surface area contributed by atoms with Crippen LogP contribution in [0.25, 0.3) is 0 Å². The zero-order valence-electron chi connectivity index (χ0n) is 11.0. The van der Waals surface area contributed by atoms with E-state index in [1.807, 2.05) is 23.7 Å². The van der Waals surface area contributed by atoms with Crippen LogP contribution in [0.5, 0.6) is 0 Å². The van der Waals surface area contributed by atoms with Gasteiger partial charge in [-0.15, -0.1) is 11.3 Å². The lowest BCUT2D eigenvalue weighted by Gasteiger charge is -2.04. The minimum Gasteiger partial charge on any atom is -0.351 e. The Labute approximate surface area is 121 Å². The molecule has 0 aromatic carbocycles. The number of carbonyl (C=O) groups is 1. The lowest BCUT2D eigenvalue weighted by Crippen LogP contribution is -2.23. The molecule has 0 spiro atoms. The van der Waals surface area contributed by atoms with Crippen LogP contribution in [-0.2, 0) is 17.9 Å². The minimum absolute atomic E-state index is 0.00614. The Morgan fingerprint density at radius 3 is 3.20 bits per heavy atom. The fraction of sp³-hybridized carbons (Fsp3) is 0.286. The second-order valence-corrected chi connectivity index (χ2v) is 5.06. The van der Waals surface area contributed by atoms with Gasteiger partial charge in [-0.25, -0.2) is 0 Å². The van der Waals surface area contributed by atoms with Gasteiger partial charge in [-0.2, -0.15) is 5.10 Å². The Balaban J connectivity index is 1.80. The SMILES string of the molecule is NCC#Cc1ccsc1CNC(=O)CCn1cccn1. The van der Waals surface area contributed by atoms with Gasteiger partial charge in [0.15, 0.2) is 0 Å². The summed E-state index contributed by atoms with van der Waals surface area (Å²) in [5, 5.41) is 8.91. The van der Waals surface area contributed by atoms with Crippen LogP contribution < -0.4 is 11.1 Å². The molecule has 0 aliphatic carbocycles. The Morgan fingerprint density at radius 2 is 2.45 bits per heavy atom. The molecule has 0 aliphatic rings. The van der Waals surface area contributed by atoms with Gasteiger partial charge in [0.25, 0.3) is 0 Å². The maximum absolute atomic E-state index is 11.8. The van der Waals surface area contributed by atoms with E-state index in [9.17, 15) is 4.79 Å². The normalized spacial score (nSPS) is 9.85. The van der Waals surface area contributed by atoms with Gasteiger partial charge in [0, 0.05) is 35.8 Å². The average molecular weight is 288 g/mol. The Bertz CT molecular complexity index is 607. The van der Waals surface area contributed by atoms with Gasteiger partial charge in [0.2, 0.25) is 5.91 Å². The summed E-state index contributed by atoms with van der Waals surface area (Å²) in [5.74, 6) is 5.83. The molecule has 0 saturated heterocycles. The molecule has 0 aliphatic heterocycles. The van der Waals surface area contributed by atoms with E-state index in [-0.39, 0.29) is 5.91 Å². The largest absolute Gasteiger partial charge is 0.351 e. The van der Waals surface area contributed by atoms with E-state index < -0.39 is 0 Å². The number of amides is 1. The number of carbonyl (C=O) groups excluding carboxylic acids is 1. The number of aryl methyl sites for hydroxylation is 1. The van der Waals surface area contributed by atoms with Crippen LogP contribution in [0.15, 0.2) is 29.9 Å². The van der Waals surface area contributed by atoms with Crippen LogP contribution >= 0.6 is 11.3 Å². The summed E-state index contributed by atoms with van der Waals surface area (Å²) in [5.41, 5.74) is 6.29. The summed E-state index contributed by atoms with van der Waals surface area (Å²) < 4.78 is 1.74. The highest BCUT2D eigenvalue weighted by molar-refractivity contribution is 7.10. The molecule has 3 N–H and O–H groups in total. The molecule has 0 fully saturated rings. The number of nitrogens with two attached hydrogens (primary N) is 1. The maximum Gasteiger partial charge on any atom is 0.222 e. The summed E-state index contributed by atoms with van der Waals surface area (Å²) in [7, 11) is 0. The highest BCUT2D eigenvalue weighted by atomic mass is 32.1. The van der Waals surface area contributed by atoms with E-state index in [4.69, 9.17) is 5.73 Å². The predicted octanol–water partition coefficient (Wildman–Crippen LogP) is 0.961. The molecule has 6 heteroatoms. The first kappa shape index (κ1) is 14.3. The zero-order chi connectivity index (χ0) is 14.2. The van der Waals surface area contributed by atoms with E-state index in [1.165, 1.54) is 0 Å². The Morgan fingerprint density at radius 1 is 1.55 bits per heavy atom. The predicted molar refractivity (Wildman–Crippen MR) is 78.9 cm³/mol. The van der Waals surface area contributed by atoms with Crippen molar-refractivity contribution in [3.63, 3.8) is 0 Å². The van der Waals surface area contributed by atoms with Crippen molar-refractivity contribution in [2.75, 3.05) is 6.54 Å². The number of hydrogen-bond donors (Lipinski definition) is 2. The zero-order valence-corrected chi connectivity index (χ0v) is 11.8. The number of rotatable bonds is 5. The number of aromatic nitrogens is 2. The van der Waals surface area contributed by atoms with Crippen LogP contribution in [0.4, 0.5) is 0 Å². The van der Waals surface area contributed by atoms with E-state index in [0.29, 0.717) is 26.1 Å². The topological polar surface area (TPSA) is 72.9 Å². The molecular formula is C14H16N4OS. The van der Waals surface area contributed by atoms with Crippen molar-refractivity contribution in [2.24, 2.45) is 5.73 Å². The molecule has 0 radical (unpaired) electrons. The molecule has 0 unspecified atom stereocenters. The van der Waals surface area contributed by atoms with Crippen LogP contribution in [0, 0.1) is 11.8 Å². The molecule has 5 nitrogen and oxygen atoms in total. The van der Waals surface area contributed by atoms with Crippen molar-refractivity contribution < 1.29 is 4.79 Å². The molecule has 0 bridgehead atoms. The highest BCUT2D eigenvalue weighted by Crippen LogP contribution is 2.15. The van der Waals surface area contributed by atoms with Crippen molar-refractivity contribution in [2.45, 2.75) is 19.5 Å². The molecule has 2 rings (SSSR count). The van der Waals surface area contributed by atoms with Gasteiger partial charge in [0.05, 0.1) is 13.1 Å². The fourth-order valence-corrected chi connectivity index (χ4v) is 2.42. The van der Waals surface area contributed by atoms with Gasteiger partial charge in [-0.1, -0.05) is 11.8 Å². The van der Waals surface area contributed by atoms with Crippen LogP contribution in [0.2, 0.25) is 0 Å². The monoisotopic (exact) mass is 288 g/mol. The number of hydrogen-bond acceptors (Lipinski definition) is 4. The third-order valence-corrected chi connectivity index (χ3v) is 3.56. The molecule has 0 atom stereocenters. The molecule has 104 valence electrons.